The summed E-state index contributed by atoms with van der Waals surface area (Å²) in [6.45, 7) is 2.59. The molecule has 0 amide bonds. The molecule has 0 aliphatic carbocycles. The van der Waals surface area contributed by atoms with E-state index in [2.05, 4.69) is 10.1 Å². The van der Waals surface area contributed by atoms with E-state index in [1.807, 2.05) is 55.5 Å². The average Bonchev–Trinajstić information content (AvgIpc) is 3.06. The van der Waals surface area contributed by atoms with Crippen molar-refractivity contribution in [2.75, 3.05) is 13.7 Å². The van der Waals surface area contributed by atoms with Gasteiger partial charge in [-0.25, -0.2) is 0 Å². The van der Waals surface area contributed by atoms with E-state index in [1.165, 1.54) is 0 Å². The van der Waals surface area contributed by atoms with Crippen LogP contribution in [0.1, 0.15) is 6.92 Å². The van der Waals surface area contributed by atoms with Crippen LogP contribution in [-0.4, -0.2) is 23.9 Å². The third kappa shape index (κ3) is 2.93. The first-order valence-electron chi connectivity index (χ1n) is 7.01. The van der Waals surface area contributed by atoms with E-state index in [9.17, 15) is 0 Å². The van der Waals surface area contributed by atoms with E-state index >= 15 is 0 Å². The molecule has 0 fully saturated rings. The van der Waals surface area contributed by atoms with Gasteiger partial charge in [-0.2, -0.15) is 4.98 Å². The molecule has 1 aromatic heterocycles. The van der Waals surface area contributed by atoms with Crippen LogP contribution in [0.25, 0.3) is 22.8 Å². The van der Waals surface area contributed by atoms with Crippen LogP contribution in [0.15, 0.2) is 53.1 Å². The van der Waals surface area contributed by atoms with Crippen molar-refractivity contribution < 1.29 is 14.0 Å². The molecular formula is C17H16N2O3. The van der Waals surface area contributed by atoms with Gasteiger partial charge in [0.2, 0.25) is 5.82 Å². The van der Waals surface area contributed by atoms with Gasteiger partial charge in [0.05, 0.1) is 13.7 Å². The van der Waals surface area contributed by atoms with Crippen LogP contribution in [0.5, 0.6) is 11.5 Å². The predicted octanol–water partition coefficient (Wildman–Crippen LogP) is 3.81. The lowest BCUT2D eigenvalue weighted by atomic mass is 10.2. The van der Waals surface area contributed by atoms with Gasteiger partial charge in [0.15, 0.2) is 0 Å². The molecule has 0 saturated carbocycles. The summed E-state index contributed by atoms with van der Waals surface area (Å²) in [5, 5.41) is 4.02. The summed E-state index contributed by atoms with van der Waals surface area (Å²) in [6.07, 6.45) is 0. The lowest BCUT2D eigenvalue weighted by Gasteiger charge is -2.02. The molecule has 0 unspecified atom stereocenters. The Morgan fingerprint density at radius 2 is 1.55 bits per heavy atom. The molecule has 0 bridgehead atoms. The largest absolute Gasteiger partial charge is 0.497 e. The van der Waals surface area contributed by atoms with Gasteiger partial charge in [-0.15, -0.1) is 0 Å². The van der Waals surface area contributed by atoms with Crippen LogP contribution in [0, 0.1) is 0 Å². The molecule has 0 atom stereocenters. The number of hydrogen-bond acceptors (Lipinski definition) is 5. The highest BCUT2D eigenvalue weighted by Gasteiger charge is 2.10. The quantitative estimate of drug-likeness (QED) is 0.716. The molecule has 5 heteroatoms. The van der Waals surface area contributed by atoms with Crippen molar-refractivity contribution in [3.63, 3.8) is 0 Å². The van der Waals surface area contributed by atoms with Crippen molar-refractivity contribution in [2.24, 2.45) is 0 Å². The highest BCUT2D eigenvalue weighted by atomic mass is 16.5. The third-order valence-corrected chi connectivity index (χ3v) is 3.19. The Morgan fingerprint density at radius 3 is 2.18 bits per heavy atom. The van der Waals surface area contributed by atoms with Crippen molar-refractivity contribution in [1.29, 1.82) is 0 Å². The van der Waals surface area contributed by atoms with Crippen LogP contribution in [0.4, 0.5) is 0 Å². The number of hydrogen-bond donors (Lipinski definition) is 0. The number of rotatable bonds is 5. The van der Waals surface area contributed by atoms with Crippen molar-refractivity contribution in [2.45, 2.75) is 6.92 Å². The highest BCUT2D eigenvalue weighted by molar-refractivity contribution is 5.60. The number of ether oxygens (including phenoxy) is 2. The summed E-state index contributed by atoms with van der Waals surface area (Å²) in [5.41, 5.74) is 1.73. The van der Waals surface area contributed by atoms with Crippen molar-refractivity contribution in [1.82, 2.24) is 10.1 Å². The topological polar surface area (TPSA) is 57.4 Å². The number of nitrogens with zero attached hydrogens (tertiary/aromatic N) is 2. The molecule has 22 heavy (non-hydrogen) atoms. The first-order valence-corrected chi connectivity index (χ1v) is 7.01. The Hall–Kier alpha value is -2.82. The standard InChI is InChI=1S/C17H16N2O3/c1-3-21-15-10-6-13(7-11-15)17-18-16(19-22-17)12-4-8-14(20-2)9-5-12/h4-11H,3H2,1-2H3. The fourth-order valence-corrected chi connectivity index (χ4v) is 2.06. The molecule has 0 radical (unpaired) electrons. The van der Waals surface area contributed by atoms with Crippen LogP contribution < -0.4 is 9.47 Å². The van der Waals surface area contributed by atoms with E-state index in [4.69, 9.17) is 14.0 Å². The van der Waals surface area contributed by atoms with Crippen molar-refractivity contribution in [3.8, 4) is 34.3 Å². The molecule has 0 N–H and O–H groups in total. The Kier molecular flexibility index (Phi) is 4.05. The molecule has 0 spiro atoms. The molecular weight excluding hydrogens is 280 g/mol. The minimum absolute atomic E-state index is 0.480. The molecule has 112 valence electrons. The van der Waals surface area contributed by atoms with E-state index in [-0.39, 0.29) is 0 Å². The summed E-state index contributed by atoms with van der Waals surface area (Å²) >= 11 is 0. The molecule has 3 rings (SSSR count). The SMILES string of the molecule is CCOc1ccc(-c2nc(-c3ccc(OC)cc3)no2)cc1. The zero-order chi connectivity index (χ0) is 15.4. The fraction of sp³-hybridized carbons (Fsp3) is 0.176. The molecule has 1 heterocycles. The lowest BCUT2D eigenvalue weighted by Crippen LogP contribution is -1.90. The maximum absolute atomic E-state index is 5.41. The molecule has 0 aliphatic rings. The maximum Gasteiger partial charge on any atom is 0.258 e. The molecule has 0 aliphatic heterocycles. The molecule has 5 nitrogen and oxygen atoms in total. The van der Waals surface area contributed by atoms with Gasteiger partial charge in [0.1, 0.15) is 11.5 Å². The first kappa shape index (κ1) is 14.1. The molecule has 2 aromatic carbocycles. The van der Waals surface area contributed by atoms with E-state index in [0.717, 1.165) is 22.6 Å². The van der Waals surface area contributed by atoms with E-state index in [0.29, 0.717) is 18.3 Å². The minimum Gasteiger partial charge on any atom is -0.497 e. The summed E-state index contributed by atoms with van der Waals surface area (Å²) in [5.74, 6) is 2.64. The summed E-state index contributed by atoms with van der Waals surface area (Å²) in [7, 11) is 1.63. The van der Waals surface area contributed by atoms with Crippen LogP contribution >= 0.6 is 0 Å². The molecule has 3 aromatic rings. The Labute approximate surface area is 128 Å². The van der Waals surface area contributed by atoms with Gasteiger partial charge in [-0.1, -0.05) is 5.16 Å². The maximum atomic E-state index is 5.41. The van der Waals surface area contributed by atoms with Gasteiger partial charge in [-0.05, 0) is 55.5 Å². The second kappa shape index (κ2) is 6.30. The highest BCUT2D eigenvalue weighted by Crippen LogP contribution is 2.25. The zero-order valence-corrected chi connectivity index (χ0v) is 12.4. The van der Waals surface area contributed by atoms with Gasteiger partial charge in [-0.3, -0.25) is 0 Å². The van der Waals surface area contributed by atoms with Gasteiger partial charge >= 0.3 is 0 Å². The summed E-state index contributed by atoms with van der Waals surface area (Å²) < 4.78 is 15.9. The van der Waals surface area contributed by atoms with Gasteiger partial charge in [0.25, 0.3) is 5.89 Å². The minimum atomic E-state index is 0.480. The second-order valence-electron chi connectivity index (χ2n) is 4.61. The van der Waals surface area contributed by atoms with Crippen molar-refractivity contribution >= 4 is 0 Å². The smallest absolute Gasteiger partial charge is 0.258 e. The second-order valence-corrected chi connectivity index (χ2v) is 4.61. The average molecular weight is 296 g/mol. The van der Waals surface area contributed by atoms with Crippen LogP contribution in [0.2, 0.25) is 0 Å². The van der Waals surface area contributed by atoms with Crippen LogP contribution in [0.3, 0.4) is 0 Å². The summed E-state index contributed by atoms with van der Waals surface area (Å²) in [6, 6.07) is 15.1. The summed E-state index contributed by atoms with van der Waals surface area (Å²) in [4.78, 5) is 4.42. The number of aromatic nitrogens is 2. The van der Waals surface area contributed by atoms with E-state index < -0.39 is 0 Å². The number of methoxy groups -OCH3 is 1. The normalized spacial score (nSPS) is 10.5. The Morgan fingerprint density at radius 1 is 0.909 bits per heavy atom. The van der Waals surface area contributed by atoms with Crippen molar-refractivity contribution in [3.05, 3.63) is 48.5 Å². The third-order valence-electron chi connectivity index (χ3n) is 3.19. The fourth-order valence-electron chi connectivity index (χ4n) is 2.06. The number of benzene rings is 2. The predicted molar refractivity (Wildman–Crippen MR) is 82.9 cm³/mol. The Bertz CT molecular complexity index is 733. The van der Waals surface area contributed by atoms with Gasteiger partial charge in [0, 0.05) is 11.1 Å². The Balaban J connectivity index is 1.83. The lowest BCUT2D eigenvalue weighted by molar-refractivity contribution is 0.340. The zero-order valence-electron chi connectivity index (χ0n) is 12.4. The molecule has 0 saturated heterocycles. The van der Waals surface area contributed by atoms with Gasteiger partial charge < -0.3 is 14.0 Å². The monoisotopic (exact) mass is 296 g/mol. The van der Waals surface area contributed by atoms with Crippen LogP contribution in [-0.2, 0) is 0 Å². The first-order chi connectivity index (χ1) is 10.8. The van der Waals surface area contributed by atoms with E-state index in [1.54, 1.807) is 7.11 Å².